The van der Waals surface area contributed by atoms with Crippen LogP contribution in [0.3, 0.4) is 0 Å². The summed E-state index contributed by atoms with van der Waals surface area (Å²) >= 11 is 0. The first-order valence-corrected chi connectivity index (χ1v) is 10.1. The zero-order valence-corrected chi connectivity index (χ0v) is 16.1. The lowest BCUT2D eigenvalue weighted by atomic mass is 10.1. The van der Waals surface area contributed by atoms with Gasteiger partial charge in [-0.1, -0.05) is 12.1 Å². The van der Waals surface area contributed by atoms with Gasteiger partial charge in [0.15, 0.2) is 0 Å². The molecular weight excluding hydrogens is 376 g/mol. The van der Waals surface area contributed by atoms with E-state index in [-0.39, 0.29) is 17.2 Å². The Balaban J connectivity index is 1.45. The average molecular weight is 399 g/mol. The van der Waals surface area contributed by atoms with Gasteiger partial charge < -0.3 is 19.4 Å². The van der Waals surface area contributed by atoms with E-state index in [4.69, 9.17) is 4.74 Å². The number of halogens is 2. The molecule has 0 atom stereocenters. The number of amides is 1. The number of carbonyl (C=O) groups excluding carboxylic acids is 1. The first-order chi connectivity index (χ1) is 14.1. The van der Waals surface area contributed by atoms with Crippen molar-refractivity contribution in [3.05, 3.63) is 53.6 Å². The summed E-state index contributed by atoms with van der Waals surface area (Å²) in [5, 5.41) is 0. The number of ether oxygens (including phenoxy) is 1. The highest BCUT2D eigenvalue weighted by Gasteiger charge is 2.36. The van der Waals surface area contributed by atoms with Crippen molar-refractivity contribution in [1.29, 1.82) is 0 Å². The largest absolute Gasteiger partial charge is 0.378 e. The topological polar surface area (TPSA) is 36.0 Å². The second-order valence-electron chi connectivity index (χ2n) is 7.76. The molecule has 2 heterocycles. The molecule has 2 aromatic rings. The Bertz CT molecular complexity index is 918. The van der Waals surface area contributed by atoms with E-state index >= 15 is 0 Å². The predicted octanol–water partition coefficient (Wildman–Crippen LogP) is 3.43. The minimum Gasteiger partial charge on any atom is -0.378 e. The Kier molecular flexibility index (Phi) is 4.62. The van der Waals surface area contributed by atoms with Gasteiger partial charge in [0.05, 0.1) is 24.6 Å². The Hall–Kier alpha value is -2.67. The molecule has 0 radical (unpaired) electrons. The van der Waals surface area contributed by atoms with Gasteiger partial charge in [-0.15, -0.1) is 0 Å². The third-order valence-electron chi connectivity index (χ3n) is 5.87. The Morgan fingerprint density at radius 2 is 1.59 bits per heavy atom. The van der Waals surface area contributed by atoms with Crippen LogP contribution in [0, 0.1) is 11.6 Å². The SMILES string of the molecule is O=C(c1cc(F)c(N2CCOCC2)c(F)c1)N1CCN(C2CC2)c2ccccc21. The summed E-state index contributed by atoms with van der Waals surface area (Å²) in [7, 11) is 0. The third kappa shape index (κ3) is 3.33. The quantitative estimate of drug-likeness (QED) is 0.792. The molecule has 1 saturated heterocycles. The number of carbonyl (C=O) groups is 1. The number of morpholine rings is 1. The highest BCUT2D eigenvalue weighted by atomic mass is 19.1. The number of benzene rings is 2. The lowest BCUT2D eigenvalue weighted by Gasteiger charge is -2.38. The average Bonchev–Trinajstić information content (AvgIpc) is 3.58. The molecule has 0 N–H and O–H groups in total. The number of fused-ring (bicyclic) bond motifs is 1. The van der Waals surface area contributed by atoms with Crippen LogP contribution < -0.4 is 14.7 Å². The first kappa shape index (κ1) is 18.4. The minimum atomic E-state index is -0.708. The second-order valence-corrected chi connectivity index (χ2v) is 7.76. The summed E-state index contributed by atoms with van der Waals surface area (Å²) in [6.07, 6.45) is 2.34. The summed E-state index contributed by atoms with van der Waals surface area (Å²) in [6, 6.07) is 10.6. The Morgan fingerprint density at radius 3 is 2.24 bits per heavy atom. The Morgan fingerprint density at radius 1 is 0.931 bits per heavy atom. The molecule has 152 valence electrons. The van der Waals surface area contributed by atoms with E-state index in [1.165, 1.54) is 12.8 Å². The zero-order chi connectivity index (χ0) is 20.0. The maximum absolute atomic E-state index is 14.8. The van der Waals surface area contributed by atoms with Crippen molar-refractivity contribution >= 4 is 23.0 Å². The van der Waals surface area contributed by atoms with Gasteiger partial charge in [-0.2, -0.15) is 0 Å². The summed E-state index contributed by atoms with van der Waals surface area (Å²) in [4.78, 5) is 18.8. The standard InChI is InChI=1S/C22H23F2N3O2/c23-17-13-15(14-18(24)21(17)25-9-11-29-12-10-25)22(28)27-8-7-26(16-5-6-16)19-3-1-2-4-20(19)27/h1-4,13-14,16H,5-12H2. The molecule has 0 aromatic heterocycles. The molecule has 0 unspecified atom stereocenters. The van der Waals surface area contributed by atoms with Gasteiger partial charge in [0.25, 0.3) is 5.91 Å². The van der Waals surface area contributed by atoms with Crippen LogP contribution >= 0.6 is 0 Å². The van der Waals surface area contributed by atoms with Gasteiger partial charge >= 0.3 is 0 Å². The van der Waals surface area contributed by atoms with Gasteiger partial charge in [0, 0.05) is 37.8 Å². The zero-order valence-electron chi connectivity index (χ0n) is 16.1. The van der Waals surface area contributed by atoms with E-state index in [0.717, 1.165) is 30.1 Å². The van der Waals surface area contributed by atoms with Crippen LogP contribution in [0.15, 0.2) is 36.4 Å². The fourth-order valence-electron chi connectivity index (χ4n) is 4.29. The monoisotopic (exact) mass is 399 g/mol. The molecule has 2 aliphatic heterocycles. The van der Waals surface area contributed by atoms with E-state index < -0.39 is 11.6 Å². The molecule has 7 heteroatoms. The van der Waals surface area contributed by atoms with Crippen molar-refractivity contribution in [2.24, 2.45) is 0 Å². The van der Waals surface area contributed by atoms with E-state index in [1.807, 2.05) is 24.3 Å². The minimum absolute atomic E-state index is 0.0340. The summed E-state index contributed by atoms with van der Waals surface area (Å²) in [5.41, 5.74) is 1.77. The fraction of sp³-hybridized carbons (Fsp3) is 0.409. The molecule has 2 aromatic carbocycles. The van der Waals surface area contributed by atoms with Crippen molar-refractivity contribution in [1.82, 2.24) is 0 Å². The predicted molar refractivity (Wildman–Crippen MR) is 108 cm³/mol. The molecule has 5 rings (SSSR count). The van der Waals surface area contributed by atoms with Crippen molar-refractivity contribution in [3.8, 4) is 0 Å². The molecule has 2 fully saturated rings. The van der Waals surface area contributed by atoms with Crippen LogP contribution in [0.1, 0.15) is 23.2 Å². The molecule has 5 nitrogen and oxygen atoms in total. The van der Waals surface area contributed by atoms with E-state index in [0.29, 0.717) is 38.9 Å². The van der Waals surface area contributed by atoms with E-state index in [1.54, 1.807) is 9.80 Å². The van der Waals surface area contributed by atoms with Crippen LogP contribution in [0.5, 0.6) is 0 Å². The van der Waals surface area contributed by atoms with Crippen LogP contribution in [0.2, 0.25) is 0 Å². The summed E-state index contributed by atoms with van der Waals surface area (Å²) < 4.78 is 34.8. The van der Waals surface area contributed by atoms with Crippen molar-refractivity contribution < 1.29 is 18.3 Å². The summed E-state index contributed by atoms with van der Waals surface area (Å²) in [5.74, 6) is -1.79. The number of para-hydroxylation sites is 2. The number of hydrogen-bond acceptors (Lipinski definition) is 4. The van der Waals surface area contributed by atoms with Gasteiger partial charge in [-0.05, 0) is 37.1 Å². The third-order valence-corrected chi connectivity index (χ3v) is 5.87. The maximum atomic E-state index is 14.8. The van der Waals surface area contributed by atoms with Gasteiger partial charge in [0.2, 0.25) is 0 Å². The molecule has 29 heavy (non-hydrogen) atoms. The molecule has 1 amide bonds. The van der Waals surface area contributed by atoms with Crippen molar-refractivity contribution in [3.63, 3.8) is 0 Å². The van der Waals surface area contributed by atoms with Crippen LogP contribution in [-0.4, -0.2) is 51.3 Å². The van der Waals surface area contributed by atoms with Crippen molar-refractivity contribution in [2.45, 2.75) is 18.9 Å². The van der Waals surface area contributed by atoms with Gasteiger partial charge in [-0.3, -0.25) is 4.79 Å². The lowest BCUT2D eigenvalue weighted by Crippen LogP contribution is -2.45. The van der Waals surface area contributed by atoms with Crippen molar-refractivity contribution in [2.75, 3.05) is 54.1 Å². The van der Waals surface area contributed by atoms with Crippen LogP contribution in [0.25, 0.3) is 0 Å². The number of hydrogen-bond donors (Lipinski definition) is 0. The molecule has 3 aliphatic rings. The number of anilines is 3. The number of nitrogens with zero attached hydrogens (tertiary/aromatic N) is 3. The Labute approximate surface area is 168 Å². The highest BCUT2D eigenvalue weighted by Crippen LogP contribution is 2.40. The van der Waals surface area contributed by atoms with Crippen LogP contribution in [-0.2, 0) is 4.74 Å². The molecule has 1 saturated carbocycles. The molecule has 0 bridgehead atoms. The first-order valence-electron chi connectivity index (χ1n) is 10.1. The van der Waals surface area contributed by atoms with E-state index in [2.05, 4.69) is 4.90 Å². The summed E-state index contributed by atoms with van der Waals surface area (Å²) in [6.45, 7) is 2.95. The molecule has 0 spiro atoms. The lowest BCUT2D eigenvalue weighted by molar-refractivity contribution is 0.0985. The fourth-order valence-corrected chi connectivity index (χ4v) is 4.29. The maximum Gasteiger partial charge on any atom is 0.258 e. The van der Waals surface area contributed by atoms with Crippen LogP contribution in [0.4, 0.5) is 25.8 Å². The van der Waals surface area contributed by atoms with Gasteiger partial charge in [-0.25, -0.2) is 8.78 Å². The highest BCUT2D eigenvalue weighted by molar-refractivity contribution is 6.08. The smallest absolute Gasteiger partial charge is 0.258 e. The van der Waals surface area contributed by atoms with E-state index in [9.17, 15) is 13.6 Å². The second kappa shape index (κ2) is 7.30. The number of rotatable bonds is 3. The molecular formula is C22H23F2N3O2. The van der Waals surface area contributed by atoms with Gasteiger partial charge in [0.1, 0.15) is 17.3 Å². The normalized spacial score (nSPS) is 19.3. The molecule has 1 aliphatic carbocycles.